The Morgan fingerprint density at radius 3 is 2.37 bits per heavy atom. The normalized spacial score (nSPS) is 15.4. The Morgan fingerprint density at radius 1 is 1.00 bits per heavy atom. The van der Waals surface area contributed by atoms with E-state index < -0.39 is 10.0 Å². The van der Waals surface area contributed by atoms with Crippen molar-refractivity contribution in [3.05, 3.63) is 70.1 Å². The average molecular weight is 447 g/mol. The summed E-state index contributed by atoms with van der Waals surface area (Å²) < 4.78 is 28.0. The van der Waals surface area contributed by atoms with Crippen LogP contribution in [0, 0.1) is 0 Å². The van der Waals surface area contributed by atoms with Crippen LogP contribution in [-0.4, -0.2) is 59.5 Å². The highest BCUT2D eigenvalue weighted by Crippen LogP contribution is 2.20. The molecule has 1 amide bonds. The highest BCUT2D eigenvalue weighted by Gasteiger charge is 2.30. The third-order valence-corrected chi connectivity index (χ3v) is 7.25. The van der Waals surface area contributed by atoms with E-state index in [1.807, 2.05) is 6.07 Å². The van der Waals surface area contributed by atoms with Crippen LogP contribution in [0.25, 0.3) is 10.8 Å². The van der Waals surface area contributed by atoms with Crippen LogP contribution in [0.1, 0.15) is 0 Å². The number of sulfonamides is 1. The van der Waals surface area contributed by atoms with Crippen LogP contribution in [0.4, 0.5) is 0 Å². The van der Waals surface area contributed by atoms with E-state index in [-0.39, 0.29) is 49.1 Å². The zero-order chi connectivity index (χ0) is 21.3. The second-order valence-corrected chi connectivity index (χ2v) is 9.31. The molecule has 3 aromatic rings. The SMILES string of the molecule is O=C(Cn1ncc2ccccc2c1=O)N1CCN(S(=O)(=O)c2ccc(Cl)cc2)CC1. The minimum absolute atomic E-state index is 0.165. The van der Waals surface area contributed by atoms with Gasteiger partial charge in [0, 0.05) is 36.6 Å². The monoisotopic (exact) mass is 446 g/mol. The van der Waals surface area contributed by atoms with Gasteiger partial charge in [-0.2, -0.15) is 9.40 Å². The van der Waals surface area contributed by atoms with Gasteiger partial charge in [-0.25, -0.2) is 13.1 Å². The van der Waals surface area contributed by atoms with Gasteiger partial charge in [0.25, 0.3) is 5.56 Å². The molecule has 1 saturated heterocycles. The largest absolute Gasteiger partial charge is 0.338 e. The number of rotatable bonds is 4. The number of hydrogen-bond donors (Lipinski definition) is 0. The van der Waals surface area contributed by atoms with Gasteiger partial charge in [0.05, 0.1) is 16.5 Å². The Morgan fingerprint density at radius 2 is 1.67 bits per heavy atom. The first-order valence-corrected chi connectivity index (χ1v) is 11.2. The molecular weight excluding hydrogens is 428 g/mol. The Bertz CT molecular complexity index is 1250. The molecule has 0 radical (unpaired) electrons. The van der Waals surface area contributed by atoms with E-state index in [1.54, 1.807) is 29.3 Å². The predicted octanol–water partition coefficient (Wildman–Crippen LogP) is 1.58. The molecule has 1 aliphatic heterocycles. The Labute approximate surface area is 178 Å². The van der Waals surface area contributed by atoms with E-state index in [4.69, 9.17) is 11.6 Å². The summed E-state index contributed by atoms with van der Waals surface area (Å²) >= 11 is 5.83. The standard InChI is InChI=1S/C20H19ClN4O4S/c21-16-5-7-17(8-6-16)30(28,29)24-11-9-23(10-12-24)19(26)14-25-20(27)18-4-2-1-3-15(18)13-22-25/h1-8,13H,9-12,14H2. The number of carbonyl (C=O) groups is 1. The zero-order valence-electron chi connectivity index (χ0n) is 15.9. The van der Waals surface area contributed by atoms with Gasteiger partial charge in [-0.1, -0.05) is 29.8 Å². The van der Waals surface area contributed by atoms with Crippen molar-refractivity contribution in [3.63, 3.8) is 0 Å². The summed E-state index contributed by atoms with van der Waals surface area (Å²) in [5.41, 5.74) is -0.328. The summed E-state index contributed by atoms with van der Waals surface area (Å²) in [6.07, 6.45) is 1.56. The van der Waals surface area contributed by atoms with Crippen LogP contribution >= 0.6 is 11.6 Å². The van der Waals surface area contributed by atoms with E-state index >= 15 is 0 Å². The molecule has 0 aliphatic carbocycles. The Hall–Kier alpha value is -2.75. The van der Waals surface area contributed by atoms with Crippen molar-refractivity contribution >= 4 is 38.3 Å². The van der Waals surface area contributed by atoms with E-state index in [1.165, 1.54) is 28.6 Å². The highest BCUT2D eigenvalue weighted by atomic mass is 35.5. The van der Waals surface area contributed by atoms with E-state index in [9.17, 15) is 18.0 Å². The van der Waals surface area contributed by atoms with Crippen LogP contribution in [0.3, 0.4) is 0 Å². The molecule has 0 bridgehead atoms. The molecule has 1 fully saturated rings. The lowest BCUT2D eigenvalue weighted by Crippen LogP contribution is -2.51. The molecule has 0 atom stereocenters. The molecule has 0 unspecified atom stereocenters. The first-order chi connectivity index (χ1) is 14.4. The summed E-state index contributed by atoms with van der Waals surface area (Å²) in [5.74, 6) is -0.275. The summed E-state index contributed by atoms with van der Waals surface area (Å²) in [7, 11) is -3.65. The van der Waals surface area contributed by atoms with Gasteiger partial charge in [-0.15, -0.1) is 0 Å². The lowest BCUT2D eigenvalue weighted by molar-refractivity contribution is -0.133. The minimum atomic E-state index is -3.65. The van der Waals surface area contributed by atoms with Crippen molar-refractivity contribution in [2.24, 2.45) is 0 Å². The predicted molar refractivity (Wildman–Crippen MR) is 113 cm³/mol. The molecule has 2 aromatic carbocycles. The van der Waals surface area contributed by atoms with Gasteiger partial charge in [0.15, 0.2) is 0 Å². The topological polar surface area (TPSA) is 92.6 Å². The molecule has 0 N–H and O–H groups in total. The molecule has 10 heteroatoms. The molecule has 0 saturated carbocycles. The fraction of sp³-hybridized carbons (Fsp3) is 0.250. The van der Waals surface area contributed by atoms with Gasteiger partial charge in [-0.05, 0) is 30.3 Å². The summed E-state index contributed by atoms with van der Waals surface area (Å²) in [6, 6.07) is 13.1. The molecule has 1 aromatic heterocycles. The summed E-state index contributed by atoms with van der Waals surface area (Å²) in [6.45, 7) is 0.656. The third-order valence-electron chi connectivity index (χ3n) is 5.09. The number of benzene rings is 2. The maximum absolute atomic E-state index is 12.8. The fourth-order valence-corrected chi connectivity index (χ4v) is 4.95. The molecule has 4 rings (SSSR count). The van der Waals surface area contributed by atoms with Crippen molar-refractivity contribution < 1.29 is 13.2 Å². The van der Waals surface area contributed by atoms with Crippen LogP contribution in [0.5, 0.6) is 0 Å². The first kappa shape index (κ1) is 20.5. The number of amides is 1. The van der Waals surface area contributed by atoms with Gasteiger partial charge in [-0.3, -0.25) is 9.59 Å². The lowest BCUT2D eigenvalue weighted by atomic mass is 10.2. The Kier molecular flexibility index (Phi) is 5.59. The van der Waals surface area contributed by atoms with E-state index in [0.717, 1.165) is 4.68 Å². The number of piperazine rings is 1. The van der Waals surface area contributed by atoms with Crippen molar-refractivity contribution in [1.29, 1.82) is 0 Å². The number of hydrogen-bond acceptors (Lipinski definition) is 5. The van der Waals surface area contributed by atoms with Crippen LogP contribution in [0.2, 0.25) is 5.02 Å². The molecular formula is C20H19ClN4O4S. The second-order valence-electron chi connectivity index (χ2n) is 6.93. The quantitative estimate of drug-likeness (QED) is 0.606. The summed E-state index contributed by atoms with van der Waals surface area (Å²) in [4.78, 5) is 26.9. The molecule has 8 nitrogen and oxygen atoms in total. The van der Waals surface area contributed by atoms with E-state index in [2.05, 4.69) is 5.10 Å². The van der Waals surface area contributed by atoms with Crippen LogP contribution < -0.4 is 5.56 Å². The first-order valence-electron chi connectivity index (χ1n) is 9.34. The van der Waals surface area contributed by atoms with Gasteiger partial charge >= 0.3 is 0 Å². The minimum Gasteiger partial charge on any atom is -0.338 e. The van der Waals surface area contributed by atoms with Gasteiger partial charge in [0.2, 0.25) is 15.9 Å². The maximum Gasteiger partial charge on any atom is 0.275 e. The molecule has 1 aliphatic rings. The van der Waals surface area contributed by atoms with Crippen molar-refractivity contribution in [1.82, 2.24) is 19.0 Å². The zero-order valence-corrected chi connectivity index (χ0v) is 17.5. The fourth-order valence-electron chi connectivity index (χ4n) is 3.40. The number of fused-ring (bicyclic) bond motifs is 1. The smallest absolute Gasteiger partial charge is 0.275 e. The lowest BCUT2D eigenvalue weighted by Gasteiger charge is -2.34. The maximum atomic E-state index is 12.8. The van der Waals surface area contributed by atoms with E-state index in [0.29, 0.717) is 15.8 Å². The Balaban J connectivity index is 1.43. The van der Waals surface area contributed by atoms with Crippen molar-refractivity contribution in [3.8, 4) is 0 Å². The second kappa shape index (κ2) is 8.17. The average Bonchev–Trinajstić information content (AvgIpc) is 2.76. The third kappa shape index (κ3) is 3.96. The number of aromatic nitrogens is 2. The number of halogens is 1. The number of carbonyl (C=O) groups excluding carboxylic acids is 1. The number of nitrogens with zero attached hydrogens (tertiary/aromatic N) is 4. The van der Waals surface area contributed by atoms with Crippen molar-refractivity contribution in [2.45, 2.75) is 11.4 Å². The van der Waals surface area contributed by atoms with Gasteiger partial charge in [0.1, 0.15) is 6.54 Å². The molecule has 2 heterocycles. The summed E-state index contributed by atoms with van der Waals surface area (Å²) in [5, 5.41) is 5.76. The molecule has 30 heavy (non-hydrogen) atoms. The van der Waals surface area contributed by atoms with Crippen molar-refractivity contribution in [2.75, 3.05) is 26.2 Å². The molecule has 0 spiro atoms. The molecule has 156 valence electrons. The van der Waals surface area contributed by atoms with Crippen LogP contribution in [0.15, 0.2) is 64.4 Å². The van der Waals surface area contributed by atoms with Crippen LogP contribution in [-0.2, 0) is 21.4 Å². The highest BCUT2D eigenvalue weighted by molar-refractivity contribution is 7.89. The van der Waals surface area contributed by atoms with Gasteiger partial charge < -0.3 is 4.90 Å².